The van der Waals surface area contributed by atoms with Gasteiger partial charge in [0.1, 0.15) is 0 Å². The number of carbonyl (C=O) groups is 1. The fourth-order valence-electron chi connectivity index (χ4n) is 4.51. The lowest BCUT2D eigenvalue weighted by molar-refractivity contribution is 0.0400. The van der Waals surface area contributed by atoms with Crippen molar-refractivity contribution in [3.63, 3.8) is 0 Å². The Bertz CT molecular complexity index is 872. The fourth-order valence-corrected chi connectivity index (χ4v) is 4.51. The summed E-state index contributed by atoms with van der Waals surface area (Å²) in [4.78, 5) is 20.3. The van der Waals surface area contributed by atoms with Crippen molar-refractivity contribution in [1.82, 2.24) is 14.8 Å². The minimum Gasteiger partial charge on any atom is -0.481 e. The topological polar surface area (TPSA) is 86.1 Å². The Morgan fingerprint density at radius 2 is 1.97 bits per heavy atom. The zero-order chi connectivity index (χ0) is 21.9. The van der Waals surface area contributed by atoms with Crippen molar-refractivity contribution in [3.05, 3.63) is 35.9 Å². The molecule has 164 valence electrons. The van der Waals surface area contributed by atoms with Gasteiger partial charge in [-0.25, -0.2) is 9.78 Å². The Kier molecular flexibility index (Phi) is 6.83. The van der Waals surface area contributed by atoms with Gasteiger partial charge in [-0.1, -0.05) is 18.2 Å². The number of fused-ring (bicyclic) bond motifs is 1. The Labute approximate surface area is 178 Å². The van der Waals surface area contributed by atoms with E-state index < -0.39 is 11.6 Å². The predicted molar refractivity (Wildman–Crippen MR) is 117 cm³/mol. The minimum atomic E-state index is -0.857. The number of aliphatic hydroxyl groups is 1. The van der Waals surface area contributed by atoms with E-state index in [0.717, 1.165) is 42.4 Å². The molecule has 1 aromatic carbocycles. The third kappa shape index (κ3) is 4.84. The lowest BCUT2D eigenvalue weighted by atomic mass is 9.93. The molecule has 0 bridgehead atoms. The van der Waals surface area contributed by atoms with Gasteiger partial charge in [-0.15, -0.1) is 0 Å². The summed E-state index contributed by atoms with van der Waals surface area (Å²) in [5.41, 5.74) is 1.45. The van der Waals surface area contributed by atoms with E-state index in [0.29, 0.717) is 12.4 Å². The third-order valence-electron chi connectivity index (χ3n) is 5.92. The minimum absolute atomic E-state index is 0.0230. The zero-order valence-electron chi connectivity index (χ0n) is 18.3. The molecule has 0 radical (unpaired) electrons. The summed E-state index contributed by atoms with van der Waals surface area (Å²) in [6, 6.07) is 9.88. The van der Waals surface area contributed by atoms with E-state index in [1.807, 2.05) is 51.1 Å². The van der Waals surface area contributed by atoms with E-state index in [9.17, 15) is 15.0 Å². The van der Waals surface area contributed by atoms with Crippen LogP contribution in [0.1, 0.15) is 45.1 Å². The fraction of sp³-hybridized carbons (Fsp3) is 0.565. The number of benzene rings is 1. The first-order chi connectivity index (χ1) is 14.2. The standard InChI is InChI=1S/C23H33N3O4/c1-23(2,3)26(22(28)29)18-10-12-25(13-11-18)14-17(15-27)19-7-5-6-16-8-9-20(30-4)24-21(16)19/h5-9,17-18,27H,10-15H2,1-4H3,(H,28,29). The molecule has 1 atom stereocenters. The summed E-state index contributed by atoms with van der Waals surface area (Å²) < 4.78 is 5.28. The van der Waals surface area contributed by atoms with Gasteiger partial charge < -0.3 is 24.7 Å². The number of rotatable bonds is 6. The van der Waals surface area contributed by atoms with E-state index in [-0.39, 0.29) is 18.6 Å². The Morgan fingerprint density at radius 1 is 1.27 bits per heavy atom. The SMILES string of the molecule is COc1ccc2cccc(C(CO)CN3CCC(N(C(=O)O)C(C)(C)C)CC3)c2n1. The van der Waals surface area contributed by atoms with Gasteiger partial charge in [0.15, 0.2) is 0 Å². The van der Waals surface area contributed by atoms with Gasteiger partial charge in [0, 0.05) is 48.6 Å². The van der Waals surface area contributed by atoms with Crippen molar-refractivity contribution >= 4 is 17.0 Å². The molecule has 1 saturated heterocycles. The number of aromatic nitrogens is 1. The molecule has 0 saturated carbocycles. The summed E-state index contributed by atoms with van der Waals surface area (Å²) in [5.74, 6) is 0.492. The summed E-state index contributed by atoms with van der Waals surface area (Å²) in [6.45, 7) is 8.18. The molecule has 2 heterocycles. The van der Waals surface area contributed by atoms with E-state index >= 15 is 0 Å². The van der Waals surface area contributed by atoms with E-state index in [1.165, 1.54) is 0 Å². The molecule has 1 aromatic heterocycles. The number of amides is 1. The Balaban J connectivity index is 1.72. The first-order valence-corrected chi connectivity index (χ1v) is 10.5. The normalized spacial score (nSPS) is 17.1. The number of carboxylic acid groups (broad SMARTS) is 1. The first-order valence-electron chi connectivity index (χ1n) is 10.5. The Morgan fingerprint density at radius 3 is 2.53 bits per heavy atom. The number of hydrogen-bond donors (Lipinski definition) is 2. The highest BCUT2D eigenvalue weighted by molar-refractivity contribution is 5.83. The molecule has 2 aromatic rings. The quantitative estimate of drug-likeness (QED) is 0.750. The summed E-state index contributed by atoms with van der Waals surface area (Å²) in [7, 11) is 1.60. The van der Waals surface area contributed by atoms with Gasteiger partial charge in [0.05, 0.1) is 19.2 Å². The van der Waals surface area contributed by atoms with Crippen molar-refractivity contribution in [2.75, 3.05) is 33.4 Å². The van der Waals surface area contributed by atoms with Gasteiger partial charge >= 0.3 is 6.09 Å². The van der Waals surface area contributed by atoms with Gasteiger partial charge in [-0.2, -0.15) is 0 Å². The third-order valence-corrected chi connectivity index (χ3v) is 5.92. The molecular formula is C23H33N3O4. The highest BCUT2D eigenvalue weighted by Crippen LogP contribution is 2.29. The lowest BCUT2D eigenvalue weighted by Gasteiger charge is -2.44. The number of ether oxygens (including phenoxy) is 1. The van der Waals surface area contributed by atoms with Crippen molar-refractivity contribution < 1.29 is 19.7 Å². The molecule has 7 heteroatoms. The van der Waals surface area contributed by atoms with Gasteiger partial charge in [-0.3, -0.25) is 0 Å². The van der Waals surface area contributed by atoms with Crippen LogP contribution in [-0.4, -0.2) is 76.0 Å². The van der Waals surface area contributed by atoms with Crippen LogP contribution in [0.2, 0.25) is 0 Å². The highest BCUT2D eigenvalue weighted by atomic mass is 16.5. The highest BCUT2D eigenvalue weighted by Gasteiger charge is 2.35. The molecule has 3 rings (SSSR count). The molecule has 1 fully saturated rings. The zero-order valence-corrected chi connectivity index (χ0v) is 18.3. The molecule has 0 spiro atoms. The second-order valence-electron chi connectivity index (χ2n) is 9.01. The molecule has 7 nitrogen and oxygen atoms in total. The van der Waals surface area contributed by atoms with Crippen molar-refractivity contribution in [1.29, 1.82) is 0 Å². The van der Waals surface area contributed by atoms with Gasteiger partial charge in [-0.05, 0) is 45.2 Å². The molecule has 0 aliphatic carbocycles. The molecule has 2 N–H and O–H groups in total. The number of pyridine rings is 1. The average Bonchev–Trinajstić information content (AvgIpc) is 2.71. The maximum Gasteiger partial charge on any atom is 0.407 e. The van der Waals surface area contributed by atoms with E-state index in [2.05, 4.69) is 9.88 Å². The average molecular weight is 416 g/mol. The van der Waals surface area contributed by atoms with Crippen molar-refractivity contribution in [2.45, 2.75) is 51.1 Å². The van der Waals surface area contributed by atoms with Crippen LogP contribution >= 0.6 is 0 Å². The van der Waals surface area contributed by atoms with E-state index in [1.54, 1.807) is 12.0 Å². The smallest absolute Gasteiger partial charge is 0.407 e. The summed E-state index contributed by atoms with van der Waals surface area (Å²) >= 11 is 0. The van der Waals surface area contributed by atoms with Crippen LogP contribution in [0.5, 0.6) is 5.88 Å². The monoisotopic (exact) mass is 415 g/mol. The molecule has 1 unspecified atom stereocenters. The molecule has 30 heavy (non-hydrogen) atoms. The summed E-state index contributed by atoms with van der Waals surface area (Å²) in [5, 5.41) is 20.8. The van der Waals surface area contributed by atoms with E-state index in [4.69, 9.17) is 4.74 Å². The van der Waals surface area contributed by atoms with Crippen LogP contribution in [0, 0.1) is 0 Å². The summed E-state index contributed by atoms with van der Waals surface area (Å²) in [6.07, 6.45) is 0.733. The lowest BCUT2D eigenvalue weighted by Crippen LogP contribution is -2.54. The second-order valence-corrected chi connectivity index (χ2v) is 9.01. The van der Waals surface area contributed by atoms with Crippen molar-refractivity contribution in [2.24, 2.45) is 0 Å². The van der Waals surface area contributed by atoms with Crippen LogP contribution in [0.4, 0.5) is 4.79 Å². The maximum absolute atomic E-state index is 11.8. The van der Waals surface area contributed by atoms with Crippen LogP contribution in [-0.2, 0) is 0 Å². The van der Waals surface area contributed by atoms with Crippen LogP contribution < -0.4 is 4.74 Å². The van der Waals surface area contributed by atoms with Gasteiger partial charge in [0.2, 0.25) is 5.88 Å². The Hall–Kier alpha value is -2.38. The number of hydrogen-bond acceptors (Lipinski definition) is 5. The molecule has 1 amide bonds. The van der Waals surface area contributed by atoms with Crippen molar-refractivity contribution in [3.8, 4) is 5.88 Å². The number of para-hydroxylation sites is 1. The molecule has 1 aliphatic rings. The molecule has 1 aliphatic heterocycles. The number of methoxy groups -OCH3 is 1. The number of likely N-dealkylation sites (tertiary alicyclic amines) is 1. The number of nitrogens with zero attached hydrogens (tertiary/aromatic N) is 3. The van der Waals surface area contributed by atoms with Crippen LogP contribution in [0.3, 0.4) is 0 Å². The largest absolute Gasteiger partial charge is 0.481 e. The maximum atomic E-state index is 11.8. The number of piperidine rings is 1. The van der Waals surface area contributed by atoms with Crippen LogP contribution in [0.15, 0.2) is 30.3 Å². The predicted octanol–water partition coefficient (Wildman–Crippen LogP) is 3.56. The van der Waals surface area contributed by atoms with Gasteiger partial charge in [0.25, 0.3) is 0 Å². The van der Waals surface area contributed by atoms with Crippen LogP contribution in [0.25, 0.3) is 10.9 Å². The second kappa shape index (κ2) is 9.18. The molecular weight excluding hydrogens is 382 g/mol. The first kappa shape index (κ1) is 22.3. The number of aliphatic hydroxyl groups excluding tert-OH is 1.